The van der Waals surface area contributed by atoms with Gasteiger partial charge < -0.3 is 20.1 Å². The van der Waals surface area contributed by atoms with E-state index < -0.39 is 5.97 Å². The number of aryl methyl sites for hydroxylation is 4. The summed E-state index contributed by atoms with van der Waals surface area (Å²) < 4.78 is 6.15. The van der Waals surface area contributed by atoms with Crippen molar-refractivity contribution in [3.05, 3.63) is 57.6 Å². The molecule has 0 radical (unpaired) electrons. The Morgan fingerprint density at radius 1 is 0.812 bits per heavy atom. The third-order valence-corrected chi connectivity index (χ3v) is 4.34. The molecule has 2 aromatic rings. The summed E-state index contributed by atoms with van der Waals surface area (Å²) >= 11 is 0. The van der Waals surface area contributed by atoms with Crippen molar-refractivity contribution in [2.75, 3.05) is 13.2 Å². The number of hydrogen-bond donors (Lipinski definition) is 3. The number of ether oxygens (including phenoxy) is 1. The van der Waals surface area contributed by atoms with Crippen molar-refractivity contribution in [3.63, 3.8) is 0 Å². The first kappa shape index (κ1) is 31.8. The van der Waals surface area contributed by atoms with Crippen LogP contribution < -0.4 is 4.74 Å². The Labute approximate surface area is 195 Å². The molecule has 32 heavy (non-hydrogen) atoms. The number of carbonyl (C=O) groups is 1. The van der Waals surface area contributed by atoms with Crippen LogP contribution in [-0.2, 0) is 11.2 Å². The number of carboxylic acid groups (broad SMARTS) is 1. The molecule has 5 nitrogen and oxygen atoms in total. The summed E-state index contributed by atoms with van der Waals surface area (Å²) in [6.07, 6.45) is 0.0310. The summed E-state index contributed by atoms with van der Waals surface area (Å²) in [5.74, 6) is 1.29. The first-order valence-electron chi connectivity index (χ1n) is 11.4. The van der Waals surface area contributed by atoms with Crippen LogP contribution >= 0.6 is 0 Å². The van der Waals surface area contributed by atoms with Gasteiger partial charge in [-0.25, -0.2) is 0 Å². The Hall–Kier alpha value is -2.37. The van der Waals surface area contributed by atoms with Gasteiger partial charge in [-0.15, -0.1) is 0 Å². The molecule has 0 bridgehead atoms. The smallest absolute Gasteiger partial charge is 0.307 e. The zero-order chi connectivity index (χ0) is 25.4. The van der Waals surface area contributed by atoms with Crippen LogP contribution in [-0.4, -0.2) is 34.5 Å². The van der Waals surface area contributed by atoms with E-state index in [4.69, 9.17) is 20.1 Å². The lowest BCUT2D eigenvalue weighted by Crippen LogP contribution is -2.02. The van der Waals surface area contributed by atoms with Gasteiger partial charge in [-0.1, -0.05) is 53.7 Å². The molecule has 0 saturated carbocycles. The van der Waals surface area contributed by atoms with E-state index in [9.17, 15) is 4.79 Å². The molecule has 0 spiro atoms. The van der Waals surface area contributed by atoms with E-state index in [0.29, 0.717) is 5.92 Å². The standard InChI is InChI=1S/C21H26O3.C2H6O2.2C2H6/c1-12(2)20-13(3)9-18(10-14(20)4)24-21-15(5)7-17(8-16(21)6)11-19(22)23;3-1-2-4;2*1-2/h7-10,12H,11H2,1-6H3,(H,22,23);3-4H,1-2H2;2*1-2H3. The van der Waals surface area contributed by atoms with Gasteiger partial charge in [0.1, 0.15) is 11.5 Å². The third-order valence-electron chi connectivity index (χ3n) is 4.34. The molecule has 0 fully saturated rings. The number of aliphatic hydroxyl groups excluding tert-OH is 2. The lowest BCUT2D eigenvalue weighted by atomic mass is 9.93. The Bertz CT molecular complexity index is 762. The molecule has 2 aromatic carbocycles. The van der Waals surface area contributed by atoms with Gasteiger partial charge in [-0.3, -0.25) is 4.79 Å². The number of hydrogen-bond acceptors (Lipinski definition) is 4. The van der Waals surface area contributed by atoms with E-state index in [0.717, 1.165) is 28.2 Å². The second-order valence-corrected chi connectivity index (χ2v) is 7.30. The van der Waals surface area contributed by atoms with Crippen molar-refractivity contribution in [1.82, 2.24) is 0 Å². The number of aliphatic hydroxyl groups is 2. The van der Waals surface area contributed by atoms with Gasteiger partial charge in [0, 0.05) is 0 Å². The first-order valence-corrected chi connectivity index (χ1v) is 11.4. The molecule has 0 heterocycles. The topological polar surface area (TPSA) is 87.0 Å². The zero-order valence-corrected chi connectivity index (χ0v) is 21.7. The Morgan fingerprint density at radius 2 is 1.22 bits per heavy atom. The van der Waals surface area contributed by atoms with Crippen molar-refractivity contribution in [3.8, 4) is 11.5 Å². The number of rotatable bonds is 6. The fourth-order valence-electron chi connectivity index (χ4n) is 3.50. The molecular weight excluding hydrogens is 404 g/mol. The molecule has 0 aromatic heterocycles. The van der Waals surface area contributed by atoms with Gasteiger partial charge in [-0.2, -0.15) is 0 Å². The molecule has 0 saturated heterocycles. The molecule has 0 aliphatic carbocycles. The summed E-state index contributed by atoms with van der Waals surface area (Å²) in [6.45, 7) is 20.3. The van der Waals surface area contributed by atoms with E-state index in [1.165, 1.54) is 16.7 Å². The van der Waals surface area contributed by atoms with Crippen LogP contribution in [0.15, 0.2) is 24.3 Å². The average molecular weight is 449 g/mol. The van der Waals surface area contributed by atoms with Crippen LogP contribution in [0.2, 0.25) is 0 Å². The Morgan fingerprint density at radius 3 is 1.53 bits per heavy atom. The molecule has 0 unspecified atom stereocenters. The van der Waals surface area contributed by atoms with Crippen LogP contribution in [0.25, 0.3) is 0 Å². The molecule has 0 amide bonds. The van der Waals surface area contributed by atoms with Crippen LogP contribution in [0.4, 0.5) is 0 Å². The maximum Gasteiger partial charge on any atom is 0.307 e. The summed E-state index contributed by atoms with van der Waals surface area (Å²) in [6, 6.07) is 7.93. The van der Waals surface area contributed by atoms with Gasteiger partial charge in [-0.05, 0) is 79.1 Å². The largest absolute Gasteiger partial charge is 0.481 e. The average Bonchev–Trinajstić information content (AvgIpc) is 2.72. The highest BCUT2D eigenvalue weighted by atomic mass is 16.5. The van der Waals surface area contributed by atoms with Gasteiger partial charge in [0.25, 0.3) is 0 Å². The van der Waals surface area contributed by atoms with E-state index >= 15 is 0 Å². The molecule has 182 valence electrons. The zero-order valence-electron chi connectivity index (χ0n) is 21.7. The molecule has 0 aliphatic rings. The second kappa shape index (κ2) is 17.2. The highest BCUT2D eigenvalue weighted by Crippen LogP contribution is 2.33. The van der Waals surface area contributed by atoms with Crippen molar-refractivity contribution in [2.24, 2.45) is 0 Å². The van der Waals surface area contributed by atoms with Crippen LogP contribution in [0, 0.1) is 27.7 Å². The highest BCUT2D eigenvalue weighted by molar-refractivity contribution is 5.70. The summed E-state index contributed by atoms with van der Waals surface area (Å²) in [5.41, 5.74) is 6.54. The van der Waals surface area contributed by atoms with Crippen molar-refractivity contribution >= 4 is 5.97 Å². The summed E-state index contributed by atoms with van der Waals surface area (Å²) in [5, 5.41) is 24.2. The Kier molecular flexibility index (Phi) is 17.1. The molecule has 2 rings (SSSR count). The van der Waals surface area contributed by atoms with Crippen molar-refractivity contribution in [1.29, 1.82) is 0 Å². The fraction of sp³-hybridized carbons (Fsp3) is 0.519. The molecule has 0 atom stereocenters. The van der Waals surface area contributed by atoms with E-state index in [2.05, 4.69) is 39.8 Å². The van der Waals surface area contributed by atoms with Crippen LogP contribution in [0.5, 0.6) is 11.5 Å². The highest BCUT2D eigenvalue weighted by Gasteiger charge is 2.13. The molecule has 0 aliphatic heterocycles. The third kappa shape index (κ3) is 10.8. The predicted octanol–water partition coefficient (Wildman–Crippen LogP) is 6.49. The predicted molar refractivity (Wildman–Crippen MR) is 134 cm³/mol. The molecule has 5 heteroatoms. The number of benzene rings is 2. The normalized spacial score (nSPS) is 9.53. The second-order valence-electron chi connectivity index (χ2n) is 7.30. The van der Waals surface area contributed by atoms with Gasteiger partial charge in [0.15, 0.2) is 0 Å². The maximum absolute atomic E-state index is 10.9. The fourth-order valence-corrected chi connectivity index (χ4v) is 3.50. The van der Waals surface area contributed by atoms with E-state index in [-0.39, 0.29) is 19.6 Å². The van der Waals surface area contributed by atoms with Crippen LogP contribution in [0.1, 0.15) is 80.8 Å². The molecular formula is C27H44O5. The minimum atomic E-state index is -0.821. The summed E-state index contributed by atoms with van der Waals surface area (Å²) in [7, 11) is 0. The van der Waals surface area contributed by atoms with Gasteiger partial charge in [0.05, 0.1) is 19.6 Å². The lowest BCUT2D eigenvalue weighted by molar-refractivity contribution is -0.136. The minimum Gasteiger partial charge on any atom is -0.481 e. The Balaban J connectivity index is 0. The first-order chi connectivity index (χ1) is 15.1. The van der Waals surface area contributed by atoms with Crippen molar-refractivity contribution in [2.45, 2.75) is 81.6 Å². The monoisotopic (exact) mass is 448 g/mol. The number of carboxylic acids is 1. The lowest BCUT2D eigenvalue weighted by Gasteiger charge is -2.18. The SMILES string of the molecule is CC.CC.Cc1cc(CC(=O)O)cc(C)c1Oc1cc(C)c(C(C)C)c(C)c1.OCCO. The number of aliphatic carboxylic acids is 1. The molecule has 3 N–H and O–H groups in total. The van der Waals surface area contributed by atoms with Crippen molar-refractivity contribution < 1.29 is 24.9 Å². The summed E-state index contributed by atoms with van der Waals surface area (Å²) in [4.78, 5) is 10.9. The maximum atomic E-state index is 10.9. The van der Waals surface area contributed by atoms with E-state index in [1.54, 1.807) is 0 Å². The van der Waals surface area contributed by atoms with Gasteiger partial charge >= 0.3 is 5.97 Å². The minimum absolute atomic E-state index is 0.0310. The quantitative estimate of drug-likeness (QED) is 0.470. The van der Waals surface area contributed by atoms with Gasteiger partial charge in [0.2, 0.25) is 0 Å². The van der Waals surface area contributed by atoms with E-state index in [1.807, 2.05) is 53.7 Å². The van der Waals surface area contributed by atoms with Crippen LogP contribution in [0.3, 0.4) is 0 Å².